The van der Waals surface area contributed by atoms with Crippen molar-refractivity contribution in [3.05, 3.63) is 11.7 Å². The zero-order valence-electron chi connectivity index (χ0n) is 15.8. The summed E-state index contributed by atoms with van der Waals surface area (Å²) in [5.74, 6) is 3.46. The molecule has 0 bridgehead atoms. The summed E-state index contributed by atoms with van der Waals surface area (Å²) in [5.41, 5.74) is 0. The molecular weight excluding hydrogens is 417 g/mol. The van der Waals surface area contributed by atoms with Gasteiger partial charge in [-0.05, 0) is 18.8 Å². The van der Waals surface area contributed by atoms with E-state index in [1.165, 1.54) is 19.3 Å². The van der Waals surface area contributed by atoms with E-state index >= 15 is 0 Å². The zero-order valence-corrected chi connectivity index (χ0v) is 18.1. The molecule has 0 spiro atoms. The van der Waals surface area contributed by atoms with Crippen LogP contribution in [-0.2, 0) is 6.42 Å². The van der Waals surface area contributed by atoms with Crippen LogP contribution in [0.25, 0.3) is 0 Å². The Balaban J connectivity index is 0.00000529. The quantitative estimate of drug-likeness (QED) is 0.245. The first-order valence-corrected chi connectivity index (χ1v) is 8.80. The number of hydrogen-bond donors (Lipinski definition) is 2. The summed E-state index contributed by atoms with van der Waals surface area (Å²) in [6, 6.07) is 0. The highest BCUT2D eigenvalue weighted by atomic mass is 127. The summed E-state index contributed by atoms with van der Waals surface area (Å²) in [4.78, 5) is 8.62. The number of guanidine groups is 1. The first-order valence-electron chi connectivity index (χ1n) is 8.80. The van der Waals surface area contributed by atoms with Crippen molar-refractivity contribution in [2.24, 2.45) is 10.9 Å². The van der Waals surface area contributed by atoms with E-state index in [0.29, 0.717) is 11.8 Å². The van der Waals surface area contributed by atoms with Crippen LogP contribution in [0.15, 0.2) is 9.52 Å². The number of halogens is 1. The molecule has 0 saturated carbocycles. The van der Waals surface area contributed by atoms with Gasteiger partial charge in [0.25, 0.3) is 0 Å². The lowest BCUT2D eigenvalue weighted by molar-refractivity contribution is 0.368. The zero-order chi connectivity index (χ0) is 17.1. The van der Waals surface area contributed by atoms with Crippen LogP contribution in [0.2, 0.25) is 0 Å². The Morgan fingerprint density at radius 2 is 1.75 bits per heavy atom. The van der Waals surface area contributed by atoms with E-state index in [-0.39, 0.29) is 24.0 Å². The normalized spacial score (nSPS) is 11.7. The van der Waals surface area contributed by atoms with Gasteiger partial charge in [0.1, 0.15) is 0 Å². The highest BCUT2D eigenvalue weighted by Crippen LogP contribution is 2.10. The molecule has 0 fully saturated rings. The van der Waals surface area contributed by atoms with Crippen molar-refractivity contribution in [3.63, 3.8) is 0 Å². The minimum atomic E-state index is 0. The second-order valence-corrected chi connectivity index (χ2v) is 6.62. The van der Waals surface area contributed by atoms with Crippen molar-refractivity contribution in [2.75, 3.05) is 20.1 Å². The Hall–Kier alpha value is -0.860. The molecule has 0 aliphatic heterocycles. The Kier molecular flexibility index (Phi) is 13.0. The van der Waals surface area contributed by atoms with Gasteiger partial charge in [0.15, 0.2) is 11.8 Å². The fourth-order valence-electron chi connectivity index (χ4n) is 2.16. The third-order valence-corrected chi connectivity index (χ3v) is 3.58. The molecule has 0 unspecified atom stereocenters. The molecular formula is C17H34IN5O. The molecule has 0 aliphatic carbocycles. The monoisotopic (exact) mass is 451 g/mol. The van der Waals surface area contributed by atoms with Crippen molar-refractivity contribution in [1.29, 1.82) is 0 Å². The number of rotatable bonds is 10. The Labute approximate surface area is 163 Å². The number of aryl methyl sites for hydroxylation is 1. The van der Waals surface area contributed by atoms with Gasteiger partial charge in [-0.15, -0.1) is 24.0 Å². The van der Waals surface area contributed by atoms with Crippen molar-refractivity contribution in [2.45, 2.75) is 65.7 Å². The van der Waals surface area contributed by atoms with Gasteiger partial charge < -0.3 is 15.2 Å². The summed E-state index contributed by atoms with van der Waals surface area (Å²) in [5, 5.41) is 10.6. The van der Waals surface area contributed by atoms with Crippen molar-refractivity contribution >= 4 is 29.9 Å². The number of nitrogens with one attached hydrogen (secondary N) is 2. The third kappa shape index (κ3) is 10.1. The van der Waals surface area contributed by atoms with Crippen LogP contribution in [0, 0.1) is 5.92 Å². The minimum absolute atomic E-state index is 0. The number of aromatic nitrogens is 2. The van der Waals surface area contributed by atoms with E-state index in [1.54, 1.807) is 7.05 Å². The predicted octanol–water partition coefficient (Wildman–Crippen LogP) is 3.73. The first kappa shape index (κ1) is 23.1. The van der Waals surface area contributed by atoms with E-state index in [2.05, 4.69) is 53.5 Å². The lowest BCUT2D eigenvalue weighted by atomic mass is 10.1. The van der Waals surface area contributed by atoms with Gasteiger partial charge in [-0.3, -0.25) is 4.99 Å². The fraction of sp³-hybridized carbons (Fsp3) is 0.824. The lowest BCUT2D eigenvalue weighted by Gasteiger charge is -2.11. The van der Waals surface area contributed by atoms with Crippen molar-refractivity contribution in [1.82, 2.24) is 20.8 Å². The van der Waals surface area contributed by atoms with E-state index in [1.807, 2.05) is 0 Å². The summed E-state index contributed by atoms with van der Waals surface area (Å²) in [6.45, 7) is 10.5. The van der Waals surface area contributed by atoms with E-state index in [0.717, 1.165) is 43.6 Å². The molecule has 0 aliphatic rings. The van der Waals surface area contributed by atoms with E-state index in [4.69, 9.17) is 4.52 Å². The number of unbranched alkanes of at least 4 members (excludes halogenated alkanes) is 1. The molecule has 1 rings (SSSR count). The van der Waals surface area contributed by atoms with Crippen LogP contribution < -0.4 is 10.6 Å². The molecule has 140 valence electrons. The van der Waals surface area contributed by atoms with E-state index in [9.17, 15) is 0 Å². The molecule has 1 aromatic heterocycles. The van der Waals surface area contributed by atoms with Crippen LogP contribution in [-0.4, -0.2) is 36.2 Å². The molecule has 7 heteroatoms. The molecule has 0 atom stereocenters. The number of hydrogen-bond acceptors (Lipinski definition) is 4. The second kappa shape index (κ2) is 13.4. The van der Waals surface area contributed by atoms with Crippen molar-refractivity contribution in [3.8, 4) is 0 Å². The number of aliphatic imine (C=N–C) groups is 1. The maximum Gasteiger partial charge on any atom is 0.226 e. The minimum Gasteiger partial charge on any atom is -0.356 e. The van der Waals surface area contributed by atoms with Gasteiger partial charge in [0, 0.05) is 32.5 Å². The molecule has 0 radical (unpaired) electrons. The highest BCUT2D eigenvalue weighted by Gasteiger charge is 2.09. The molecule has 1 aromatic rings. The van der Waals surface area contributed by atoms with Gasteiger partial charge >= 0.3 is 0 Å². The molecule has 2 N–H and O–H groups in total. The number of nitrogens with zero attached hydrogens (tertiary/aromatic N) is 3. The topological polar surface area (TPSA) is 75.3 Å². The van der Waals surface area contributed by atoms with Crippen LogP contribution in [0.3, 0.4) is 0 Å². The van der Waals surface area contributed by atoms with Gasteiger partial charge in [0.2, 0.25) is 5.89 Å². The smallest absolute Gasteiger partial charge is 0.226 e. The van der Waals surface area contributed by atoms with Crippen LogP contribution >= 0.6 is 24.0 Å². The van der Waals surface area contributed by atoms with E-state index < -0.39 is 0 Å². The summed E-state index contributed by atoms with van der Waals surface area (Å²) < 4.78 is 5.24. The first-order chi connectivity index (χ1) is 11.0. The van der Waals surface area contributed by atoms with Crippen LogP contribution in [0.4, 0.5) is 0 Å². The molecule has 24 heavy (non-hydrogen) atoms. The Bertz CT molecular complexity index is 460. The molecule has 0 amide bonds. The standard InChI is InChI=1S/C17H33N5O.HI/c1-13(2)9-6-7-11-19-17(18-5)20-12-8-10-15-21-16(14(3)4)22-23-15;/h13-14H,6-12H2,1-5H3,(H2,18,19,20);1H. The molecule has 0 aromatic carbocycles. The van der Waals surface area contributed by atoms with Gasteiger partial charge in [-0.2, -0.15) is 4.98 Å². The van der Waals surface area contributed by atoms with Crippen LogP contribution in [0.5, 0.6) is 0 Å². The predicted molar refractivity (Wildman–Crippen MR) is 110 cm³/mol. The van der Waals surface area contributed by atoms with Crippen molar-refractivity contribution < 1.29 is 4.52 Å². The largest absolute Gasteiger partial charge is 0.356 e. The summed E-state index contributed by atoms with van der Waals surface area (Å²) >= 11 is 0. The second-order valence-electron chi connectivity index (χ2n) is 6.62. The third-order valence-electron chi connectivity index (χ3n) is 3.58. The van der Waals surface area contributed by atoms with Gasteiger partial charge in [-0.1, -0.05) is 45.7 Å². The average Bonchev–Trinajstić information content (AvgIpc) is 2.98. The highest BCUT2D eigenvalue weighted by molar-refractivity contribution is 14.0. The summed E-state index contributed by atoms with van der Waals surface area (Å²) in [7, 11) is 1.80. The molecule has 6 nitrogen and oxygen atoms in total. The van der Waals surface area contributed by atoms with Gasteiger partial charge in [-0.25, -0.2) is 0 Å². The van der Waals surface area contributed by atoms with Crippen LogP contribution in [0.1, 0.15) is 71.0 Å². The maximum absolute atomic E-state index is 5.24. The SMILES string of the molecule is CN=C(NCCCCC(C)C)NCCCc1nc(C(C)C)no1.I. The lowest BCUT2D eigenvalue weighted by Crippen LogP contribution is -2.38. The Morgan fingerprint density at radius 1 is 1.08 bits per heavy atom. The Morgan fingerprint density at radius 3 is 2.29 bits per heavy atom. The summed E-state index contributed by atoms with van der Waals surface area (Å²) in [6.07, 6.45) is 5.46. The maximum atomic E-state index is 5.24. The fourth-order valence-corrected chi connectivity index (χ4v) is 2.16. The molecule has 0 saturated heterocycles. The van der Waals surface area contributed by atoms with Gasteiger partial charge in [0.05, 0.1) is 0 Å². The molecule has 1 heterocycles. The average molecular weight is 451 g/mol.